The molecule has 0 saturated carbocycles. The Hall–Kier alpha value is -1.56. The molecule has 106 valence electrons. The summed E-state index contributed by atoms with van der Waals surface area (Å²) in [6.45, 7) is 0.385. The maximum Gasteiger partial charge on any atom is 0.416 e. The second-order valence-corrected chi connectivity index (χ2v) is 5.11. The molecule has 0 aliphatic heterocycles. The van der Waals surface area contributed by atoms with Crippen molar-refractivity contribution in [2.24, 2.45) is 0 Å². The lowest BCUT2D eigenvalue weighted by atomic mass is 10.0. The largest absolute Gasteiger partial charge is 0.416 e. The van der Waals surface area contributed by atoms with E-state index in [9.17, 15) is 13.2 Å². The number of alkyl halides is 3. The summed E-state index contributed by atoms with van der Waals surface area (Å²) in [5, 5.41) is 3.00. The molecule has 0 spiro atoms. The van der Waals surface area contributed by atoms with Crippen molar-refractivity contribution >= 4 is 21.7 Å². The minimum Gasteiger partial charge on any atom is -0.370 e. The van der Waals surface area contributed by atoms with E-state index in [0.29, 0.717) is 12.4 Å². The Labute approximate surface area is 123 Å². The molecule has 0 radical (unpaired) electrons. The van der Waals surface area contributed by atoms with Crippen molar-refractivity contribution in [1.82, 2.24) is 4.98 Å². The van der Waals surface area contributed by atoms with E-state index in [2.05, 4.69) is 26.2 Å². The van der Waals surface area contributed by atoms with E-state index in [4.69, 9.17) is 0 Å². The summed E-state index contributed by atoms with van der Waals surface area (Å²) < 4.78 is 39.3. The number of pyridine rings is 1. The van der Waals surface area contributed by atoms with Crippen LogP contribution >= 0.6 is 15.9 Å². The Kier molecular flexibility index (Phi) is 4.65. The number of hydrogen-bond donors (Lipinski definition) is 1. The van der Waals surface area contributed by atoms with Crippen LogP contribution in [0.25, 0.3) is 0 Å². The molecule has 2 nitrogen and oxygen atoms in total. The highest BCUT2D eigenvalue weighted by Gasteiger charge is 2.32. The monoisotopic (exact) mass is 344 g/mol. The van der Waals surface area contributed by atoms with E-state index in [-0.39, 0.29) is 12.0 Å². The van der Waals surface area contributed by atoms with Crippen LogP contribution < -0.4 is 5.32 Å². The van der Waals surface area contributed by atoms with Crippen LogP contribution in [0.5, 0.6) is 0 Å². The molecule has 0 aliphatic rings. The highest BCUT2D eigenvalue weighted by Crippen LogP contribution is 2.31. The van der Waals surface area contributed by atoms with Crippen LogP contribution in [0.2, 0.25) is 0 Å². The van der Waals surface area contributed by atoms with Crippen molar-refractivity contribution in [2.45, 2.75) is 12.6 Å². The van der Waals surface area contributed by atoms with Gasteiger partial charge in [0.25, 0.3) is 0 Å². The molecule has 0 saturated heterocycles. The standard InChI is InChI=1S/C14H12BrF3N2/c15-11-6-8-20-13(9-11)19-7-5-10-3-1-2-4-12(10)14(16,17)18/h1-4,6,8-9H,5,7H2,(H,19,20). The van der Waals surface area contributed by atoms with Gasteiger partial charge in [0.15, 0.2) is 0 Å². The summed E-state index contributed by atoms with van der Waals surface area (Å²) in [6, 6.07) is 9.17. The van der Waals surface area contributed by atoms with Crippen LogP contribution in [0.1, 0.15) is 11.1 Å². The van der Waals surface area contributed by atoms with Crippen molar-refractivity contribution < 1.29 is 13.2 Å². The highest BCUT2D eigenvalue weighted by atomic mass is 79.9. The minimum atomic E-state index is -4.31. The predicted molar refractivity (Wildman–Crippen MR) is 75.6 cm³/mol. The van der Waals surface area contributed by atoms with Gasteiger partial charge in [0.05, 0.1) is 5.56 Å². The van der Waals surface area contributed by atoms with Gasteiger partial charge in [0.2, 0.25) is 0 Å². The second kappa shape index (κ2) is 6.26. The van der Waals surface area contributed by atoms with Gasteiger partial charge in [0, 0.05) is 17.2 Å². The van der Waals surface area contributed by atoms with E-state index in [1.54, 1.807) is 24.4 Å². The molecule has 1 N–H and O–H groups in total. The number of hydrogen-bond acceptors (Lipinski definition) is 2. The van der Waals surface area contributed by atoms with Gasteiger partial charge >= 0.3 is 6.18 Å². The molecule has 6 heteroatoms. The van der Waals surface area contributed by atoms with Crippen molar-refractivity contribution in [3.63, 3.8) is 0 Å². The zero-order valence-electron chi connectivity index (χ0n) is 10.4. The van der Waals surface area contributed by atoms with Gasteiger partial charge in [-0.2, -0.15) is 13.2 Å². The fourth-order valence-corrected chi connectivity index (χ4v) is 2.18. The molecular weight excluding hydrogens is 333 g/mol. The molecule has 2 aromatic rings. The first-order valence-electron chi connectivity index (χ1n) is 5.97. The zero-order valence-corrected chi connectivity index (χ0v) is 12.0. The van der Waals surface area contributed by atoms with Gasteiger partial charge in [-0.3, -0.25) is 0 Å². The summed E-state index contributed by atoms with van der Waals surface area (Å²) >= 11 is 3.31. The fraction of sp³-hybridized carbons (Fsp3) is 0.214. The number of nitrogens with one attached hydrogen (secondary N) is 1. The third-order valence-corrected chi connectivity index (χ3v) is 3.24. The molecule has 2 rings (SSSR count). The van der Waals surface area contributed by atoms with Crippen LogP contribution in [-0.4, -0.2) is 11.5 Å². The number of halogens is 4. The molecule has 0 amide bonds. The normalized spacial score (nSPS) is 11.4. The van der Waals surface area contributed by atoms with E-state index >= 15 is 0 Å². The number of rotatable bonds is 4. The van der Waals surface area contributed by atoms with Gasteiger partial charge in [0.1, 0.15) is 5.82 Å². The first kappa shape index (κ1) is 14.8. The quantitative estimate of drug-likeness (QED) is 0.882. The average Bonchev–Trinajstić information content (AvgIpc) is 2.38. The summed E-state index contributed by atoms with van der Waals surface area (Å²) in [5.74, 6) is 0.629. The lowest BCUT2D eigenvalue weighted by Crippen LogP contribution is -2.12. The first-order valence-corrected chi connectivity index (χ1v) is 6.76. The number of anilines is 1. The molecule has 0 bridgehead atoms. The topological polar surface area (TPSA) is 24.9 Å². The van der Waals surface area contributed by atoms with Gasteiger partial charge < -0.3 is 5.32 Å². The lowest BCUT2D eigenvalue weighted by molar-refractivity contribution is -0.138. The van der Waals surface area contributed by atoms with Gasteiger partial charge in [-0.05, 0) is 30.2 Å². The molecular formula is C14H12BrF3N2. The maximum absolute atomic E-state index is 12.8. The number of aromatic nitrogens is 1. The second-order valence-electron chi connectivity index (χ2n) is 4.19. The molecule has 0 fully saturated rings. The van der Waals surface area contributed by atoms with E-state index in [1.165, 1.54) is 12.1 Å². The lowest BCUT2D eigenvalue weighted by Gasteiger charge is -2.13. The fourth-order valence-electron chi connectivity index (χ4n) is 1.84. The van der Waals surface area contributed by atoms with Gasteiger partial charge in [-0.15, -0.1) is 0 Å². The van der Waals surface area contributed by atoms with E-state index < -0.39 is 11.7 Å². The summed E-state index contributed by atoms with van der Waals surface area (Å²) in [5.41, 5.74) is -0.300. The average molecular weight is 345 g/mol. The Morgan fingerprint density at radius 3 is 2.60 bits per heavy atom. The third-order valence-electron chi connectivity index (χ3n) is 2.75. The summed E-state index contributed by atoms with van der Waals surface area (Å²) in [6.07, 6.45) is -2.41. The molecule has 20 heavy (non-hydrogen) atoms. The van der Waals surface area contributed by atoms with Crippen molar-refractivity contribution in [2.75, 3.05) is 11.9 Å². The van der Waals surface area contributed by atoms with Crippen molar-refractivity contribution in [3.05, 3.63) is 58.2 Å². The minimum absolute atomic E-state index is 0.280. The Morgan fingerprint density at radius 2 is 1.90 bits per heavy atom. The molecule has 0 unspecified atom stereocenters. The molecule has 1 aromatic heterocycles. The van der Waals surface area contributed by atoms with Crippen LogP contribution in [-0.2, 0) is 12.6 Å². The zero-order chi connectivity index (χ0) is 14.6. The Morgan fingerprint density at radius 1 is 1.15 bits per heavy atom. The highest BCUT2D eigenvalue weighted by molar-refractivity contribution is 9.10. The number of benzene rings is 1. The summed E-state index contributed by atoms with van der Waals surface area (Å²) in [7, 11) is 0. The van der Waals surface area contributed by atoms with Crippen LogP contribution in [0.15, 0.2) is 47.1 Å². The van der Waals surface area contributed by atoms with Crippen LogP contribution in [0.3, 0.4) is 0 Å². The molecule has 0 atom stereocenters. The summed E-state index contributed by atoms with van der Waals surface area (Å²) in [4.78, 5) is 4.08. The maximum atomic E-state index is 12.8. The molecule has 1 heterocycles. The first-order chi connectivity index (χ1) is 9.47. The molecule has 0 aliphatic carbocycles. The third kappa shape index (κ3) is 3.96. The van der Waals surface area contributed by atoms with Gasteiger partial charge in [-0.1, -0.05) is 34.1 Å². The van der Waals surface area contributed by atoms with Gasteiger partial charge in [-0.25, -0.2) is 4.98 Å². The van der Waals surface area contributed by atoms with E-state index in [0.717, 1.165) is 10.5 Å². The SMILES string of the molecule is FC(F)(F)c1ccccc1CCNc1cc(Br)ccn1. The van der Waals surface area contributed by atoms with Crippen molar-refractivity contribution in [3.8, 4) is 0 Å². The Balaban J connectivity index is 2.01. The van der Waals surface area contributed by atoms with Crippen molar-refractivity contribution in [1.29, 1.82) is 0 Å². The van der Waals surface area contributed by atoms with Crippen LogP contribution in [0, 0.1) is 0 Å². The Bertz CT molecular complexity index is 585. The smallest absolute Gasteiger partial charge is 0.370 e. The van der Waals surface area contributed by atoms with Crippen LogP contribution in [0.4, 0.5) is 19.0 Å². The molecule has 1 aromatic carbocycles. The predicted octanol–water partition coefficient (Wildman–Crippen LogP) is 4.52. The van der Waals surface area contributed by atoms with E-state index in [1.807, 2.05) is 0 Å². The number of nitrogens with zero attached hydrogens (tertiary/aromatic N) is 1.